The number of piperidine rings is 1. The topological polar surface area (TPSA) is 57.6 Å². The van der Waals surface area contributed by atoms with Crippen LogP contribution in [0.2, 0.25) is 0 Å². The monoisotopic (exact) mass is 275 g/mol. The van der Waals surface area contributed by atoms with Crippen LogP contribution in [-0.2, 0) is 10.0 Å². The summed E-state index contributed by atoms with van der Waals surface area (Å²) in [7, 11) is -3.06. The first-order valence-corrected chi connectivity index (χ1v) is 8.76. The lowest BCUT2D eigenvalue weighted by Crippen LogP contribution is -2.42. The molecular weight excluding hydrogens is 250 g/mol. The first-order chi connectivity index (χ1) is 8.49. The molecule has 1 N–H and O–H groups in total. The van der Waals surface area contributed by atoms with Crippen LogP contribution < -0.4 is 0 Å². The van der Waals surface area contributed by atoms with Gasteiger partial charge < -0.3 is 5.11 Å². The van der Waals surface area contributed by atoms with Gasteiger partial charge in [0.15, 0.2) is 0 Å². The Labute approximate surface area is 110 Å². The third-order valence-electron chi connectivity index (χ3n) is 4.50. The molecule has 2 aliphatic rings. The molecule has 1 saturated carbocycles. The van der Waals surface area contributed by atoms with Gasteiger partial charge in [0, 0.05) is 13.1 Å². The third kappa shape index (κ3) is 3.45. The van der Waals surface area contributed by atoms with Gasteiger partial charge in [-0.05, 0) is 44.4 Å². The minimum atomic E-state index is -3.06. The standard InChI is InChI=1S/C13H25NO3S/c1-11(15)13-6-8-14(9-7-13)18(16,17)10-12-4-2-3-5-12/h11-13,15H,2-10H2,1H3. The van der Waals surface area contributed by atoms with Crippen molar-refractivity contribution < 1.29 is 13.5 Å². The Bertz CT molecular complexity index is 352. The highest BCUT2D eigenvalue weighted by Gasteiger charge is 2.32. The van der Waals surface area contributed by atoms with Crippen LogP contribution >= 0.6 is 0 Å². The summed E-state index contributed by atoms with van der Waals surface area (Å²) < 4.78 is 26.2. The summed E-state index contributed by atoms with van der Waals surface area (Å²) in [5.74, 6) is 0.985. The molecule has 0 spiro atoms. The summed E-state index contributed by atoms with van der Waals surface area (Å²) >= 11 is 0. The van der Waals surface area contributed by atoms with Crippen molar-refractivity contribution in [2.24, 2.45) is 11.8 Å². The minimum Gasteiger partial charge on any atom is -0.393 e. The van der Waals surface area contributed by atoms with Gasteiger partial charge in [-0.15, -0.1) is 0 Å². The molecule has 1 atom stereocenters. The molecule has 106 valence electrons. The fraction of sp³-hybridized carbons (Fsp3) is 1.00. The Kier molecular flexibility index (Phi) is 4.67. The third-order valence-corrected chi connectivity index (χ3v) is 6.54. The second-order valence-electron chi connectivity index (χ2n) is 5.91. The summed E-state index contributed by atoms with van der Waals surface area (Å²) in [5, 5.41) is 9.53. The van der Waals surface area contributed by atoms with Crippen molar-refractivity contribution in [3.05, 3.63) is 0 Å². The molecule has 1 aliphatic carbocycles. The van der Waals surface area contributed by atoms with Gasteiger partial charge >= 0.3 is 0 Å². The van der Waals surface area contributed by atoms with Crippen LogP contribution in [-0.4, -0.2) is 42.8 Å². The van der Waals surface area contributed by atoms with E-state index in [-0.39, 0.29) is 12.0 Å². The lowest BCUT2D eigenvalue weighted by molar-refractivity contribution is 0.0911. The normalized spacial score (nSPS) is 26.6. The fourth-order valence-corrected chi connectivity index (χ4v) is 5.12. The Morgan fingerprint density at radius 2 is 1.72 bits per heavy atom. The van der Waals surface area contributed by atoms with E-state index in [1.807, 2.05) is 0 Å². The van der Waals surface area contributed by atoms with Crippen LogP contribution in [0.15, 0.2) is 0 Å². The zero-order valence-corrected chi connectivity index (χ0v) is 12.0. The summed E-state index contributed by atoms with van der Waals surface area (Å²) in [4.78, 5) is 0. The summed E-state index contributed by atoms with van der Waals surface area (Å²) in [5.41, 5.74) is 0. The van der Waals surface area contributed by atoms with Crippen LogP contribution in [0.5, 0.6) is 0 Å². The van der Waals surface area contributed by atoms with Gasteiger partial charge in [-0.25, -0.2) is 12.7 Å². The lowest BCUT2D eigenvalue weighted by Gasteiger charge is -2.33. The quantitative estimate of drug-likeness (QED) is 0.848. The SMILES string of the molecule is CC(O)C1CCN(S(=O)(=O)CC2CCCC2)CC1. The van der Waals surface area contributed by atoms with Gasteiger partial charge in [-0.1, -0.05) is 12.8 Å². The van der Waals surface area contributed by atoms with Gasteiger partial charge in [0.25, 0.3) is 0 Å². The molecule has 0 bridgehead atoms. The average molecular weight is 275 g/mol. The number of sulfonamides is 1. The molecule has 1 unspecified atom stereocenters. The van der Waals surface area contributed by atoms with E-state index in [1.54, 1.807) is 11.2 Å². The number of aliphatic hydroxyl groups is 1. The largest absolute Gasteiger partial charge is 0.393 e. The Morgan fingerprint density at radius 1 is 1.17 bits per heavy atom. The molecule has 0 aromatic heterocycles. The van der Waals surface area contributed by atoms with Crippen LogP contribution in [0.25, 0.3) is 0 Å². The highest BCUT2D eigenvalue weighted by atomic mass is 32.2. The molecular formula is C13H25NO3S. The van der Waals surface area contributed by atoms with Gasteiger partial charge in [-0.2, -0.15) is 0 Å². The number of hydrogen-bond donors (Lipinski definition) is 1. The molecule has 2 rings (SSSR count). The first kappa shape index (κ1) is 14.3. The highest BCUT2D eigenvalue weighted by molar-refractivity contribution is 7.89. The van der Waals surface area contributed by atoms with Crippen LogP contribution in [0.1, 0.15) is 45.4 Å². The van der Waals surface area contributed by atoms with E-state index in [9.17, 15) is 13.5 Å². The molecule has 5 heteroatoms. The molecule has 4 nitrogen and oxygen atoms in total. The lowest BCUT2D eigenvalue weighted by atomic mass is 9.93. The second-order valence-corrected chi connectivity index (χ2v) is 7.92. The van der Waals surface area contributed by atoms with Crippen molar-refractivity contribution in [1.82, 2.24) is 4.31 Å². The summed E-state index contributed by atoms with van der Waals surface area (Å²) in [6, 6.07) is 0. The van der Waals surface area contributed by atoms with Crippen molar-refractivity contribution in [3.8, 4) is 0 Å². The van der Waals surface area contributed by atoms with Gasteiger partial charge in [0.05, 0.1) is 11.9 Å². The Balaban J connectivity index is 1.87. The Hall–Kier alpha value is -0.130. The maximum Gasteiger partial charge on any atom is 0.214 e. The van der Waals surface area contributed by atoms with E-state index in [0.717, 1.165) is 25.7 Å². The molecule has 0 radical (unpaired) electrons. The molecule has 1 heterocycles. The van der Waals surface area contributed by atoms with E-state index in [0.29, 0.717) is 24.8 Å². The predicted molar refractivity (Wildman–Crippen MR) is 71.7 cm³/mol. The first-order valence-electron chi connectivity index (χ1n) is 7.15. The maximum absolute atomic E-state index is 12.3. The molecule has 1 saturated heterocycles. The van der Waals surface area contributed by atoms with Crippen molar-refractivity contribution in [1.29, 1.82) is 0 Å². The molecule has 1 aliphatic heterocycles. The number of aliphatic hydroxyl groups excluding tert-OH is 1. The zero-order chi connectivity index (χ0) is 13.2. The van der Waals surface area contributed by atoms with E-state index in [1.165, 1.54) is 12.8 Å². The minimum absolute atomic E-state index is 0.267. The molecule has 0 aromatic rings. The van der Waals surface area contributed by atoms with Crippen molar-refractivity contribution in [2.75, 3.05) is 18.8 Å². The average Bonchev–Trinajstić information content (AvgIpc) is 2.81. The van der Waals surface area contributed by atoms with E-state index in [4.69, 9.17) is 0 Å². The second kappa shape index (κ2) is 5.88. The van der Waals surface area contributed by atoms with E-state index >= 15 is 0 Å². The fourth-order valence-electron chi connectivity index (χ4n) is 3.22. The number of nitrogens with zero attached hydrogens (tertiary/aromatic N) is 1. The van der Waals surface area contributed by atoms with Crippen molar-refractivity contribution in [3.63, 3.8) is 0 Å². The Morgan fingerprint density at radius 3 is 2.22 bits per heavy atom. The van der Waals surface area contributed by atoms with Gasteiger partial charge in [0.1, 0.15) is 0 Å². The summed E-state index contributed by atoms with van der Waals surface area (Å²) in [6.45, 7) is 2.97. The van der Waals surface area contributed by atoms with Crippen LogP contribution in [0, 0.1) is 11.8 Å². The number of rotatable bonds is 4. The van der Waals surface area contributed by atoms with Crippen LogP contribution in [0.4, 0.5) is 0 Å². The molecule has 2 fully saturated rings. The molecule has 0 amide bonds. The van der Waals surface area contributed by atoms with Gasteiger partial charge in [0.2, 0.25) is 10.0 Å². The maximum atomic E-state index is 12.3. The van der Waals surface area contributed by atoms with Crippen LogP contribution in [0.3, 0.4) is 0 Å². The predicted octanol–water partition coefficient (Wildman–Crippen LogP) is 1.60. The molecule has 0 aromatic carbocycles. The van der Waals surface area contributed by atoms with E-state index in [2.05, 4.69) is 0 Å². The van der Waals surface area contributed by atoms with Crippen molar-refractivity contribution in [2.45, 2.75) is 51.6 Å². The van der Waals surface area contributed by atoms with Gasteiger partial charge in [-0.3, -0.25) is 0 Å². The zero-order valence-electron chi connectivity index (χ0n) is 11.2. The highest BCUT2D eigenvalue weighted by Crippen LogP contribution is 2.28. The van der Waals surface area contributed by atoms with Crippen molar-refractivity contribution >= 4 is 10.0 Å². The number of hydrogen-bond acceptors (Lipinski definition) is 3. The summed E-state index contributed by atoms with van der Waals surface area (Å²) in [6.07, 6.45) is 5.79. The smallest absolute Gasteiger partial charge is 0.214 e. The van der Waals surface area contributed by atoms with E-state index < -0.39 is 10.0 Å². The molecule has 18 heavy (non-hydrogen) atoms.